The van der Waals surface area contributed by atoms with Crippen molar-refractivity contribution >= 4 is 11.9 Å². The van der Waals surface area contributed by atoms with E-state index in [1.165, 1.54) is 13.1 Å². The number of amides is 1. The van der Waals surface area contributed by atoms with Crippen molar-refractivity contribution < 1.29 is 19.8 Å². The van der Waals surface area contributed by atoms with E-state index in [1.807, 2.05) is 0 Å². The molecule has 0 atom stereocenters. The van der Waals surface area contributed by atoms with Crippen molar-refractivity contribution in [3.8, 4) is 5.75 Å². The molecule has 0 spiro atoms. The predicted molar refractivity (Wildman–Crippen MR) is 57.4 cm³/mol. The number of aryl methyl sites for hydroxylation is 1. The number of benzene rings is 1. The van der Waals surface area contributed by atoms with Crippen molar-refractivity contribution in [1.29, 1.82) is 0 Å². The predicted octanol–water partition coefficient (Wildman–Crippen LogP) is 0.857. The van der Waals surface area contributed by atoms with Crippen LogP contribution in [0, 0.1) is 6.92 Å². The SMILES string of the molecule is Cc1cccc(C(=O)N(C)CC(=O)O)c1O. The van der Waals surface area contributed by atoms with E-state index >= 15 is 0 Å². The van der Waals surface area contributed by atoms with Gasteiger partial charge in [0.2, 0.25) is 0 Å². The Bertz CT molecular complexity index is 428. The highest BCUT2D eigenvalue weighted by atomic mass is 16.4. The Morgan fingerprint density at radius 3 is 2.56 bits per heavy atom. The van der Waals surface area contributed by atoms with Crippen LogP contribution in [-0.2, 0) is 4.79 Å². The van der Waals surface area contributed by atoms with Crippen molar-refractivity contribution in [2.45, 2.75) is 6.92 Å². The van der Waals surface area contributed by atoms with E-state index in [1.54, 1.807) is 19.1 Å². The molecule has 0 bridgehead atoms. The van der Waals surface area contributed by atoms with Gasteiger partial charge in [0.25, 0.3) is 5.91 Å². The molecule has 0 unspecified atom stereocenters. The molecule has 0 aliphatic rings. The van der Waals surface area contributed by atoms with E-state index in [4.69, 9.17) is 5.11 Å². The van der Waals surface area contributed by atoms with E-state index in [0.717, 1.165) is 4.90 Å². The lowest BCUT2D eigenvalue weighted by molar-refractivity contribution is -0.137. The van der Waals surface area contributed by atoms with Crippen molar-refractivity contribution in [3.05, 3.63) is 29.3 Å². The topological polar surface area (TPSA) is 77.8 Å². The first-order valence-corrected chi connectivity index (χ1v) is 4.69. The minimum atomic E-state index is -1.09. The lowest BCUT2D eigenvalue weighted by Crippen LogP contribution is -2.32. The van der Waals surface area contributed by atoms with Crippen LogP contribution in [0.25, 0.3) is 0 Å². The van der Waals surface area contributed by atoms with Gasteiger partial charge in [-0.25, -0.2) is 0 Å². The summed E-state index contributed by atoms with van der Waals surface area (Å²) in [5.74, 6) is -1.71. The number of likely N-dealkylation sites (N-methyl/N-ethyl adjacent to an activating group) is 1. The molecule has 1 rings (SSSR count). The number of carbonyl (C=O) groups excluding carboxylic acids is 1. The Labute approximate surface area is 92.9 Å². The van der Waals surface area contributed by atoms with E-state index in [2.05, 4.69) is 0 Å². The molecule has 0 aliphatic heterocycles. The summed E-state index contributed by atoms with van der Waals surface area (Å²) in [4.78, 5) is 23.2. The second-order valence-electron chi connectivity index (χ2n) is 3.53. The third kappa shape index (κ3) is 2.50. The van der Waals surface area contributed by atoms with Gasteiger partial charge in [-0.3, -0.25) is 9.59 Å². The summed E-state index contributed by atoms with van der Waals surface area (Å²) < 4.78 is 0. The van der Waals surface area contributed by atoms with E-state index in [9.17, 15) is 14.7 Å². The molecule has 2 N–H and O–H groups in total. The smallest absolute Gasteiger partial charge is 0.323 e. The molecule has 0 saturated heterocycles. The Morgan fingerprint density at radius 2 is 2.00 bits per heavy atom. The summed E-state index contributed by atoms with van der Waals surface area (Å²) in [7, 11) is 1.37. The van der Waals surface area contributed by atoms with Crippen LogP contribution < -0.4 is 0 Å². The number of phenols is 1. The van der Waals surface area contributed by atoms with Crippen molar-refractivity contribution in [2.24, 2.45) is 0 Å². The minimum Gasteiger partial charge on any atom is -0.507 e. The van der Waals surface area contributed by atoms with E-state index in [-0.39, 0.29) is 11.3 Å². The highest BCUT2D eigenvalue weighted by Gasteiger charge is 2.18. The standard InChI is InChI=1S/C11H13NO4/c1-7-4-3-5-8(10(7)15)11(16)12(2)6-9(13)14/h3-5,15H,6H2,1-2H3,(H,13,14). The van der Waals surface area contributed by atoms with Crippen LogP contribution >= 0.6 is 0 Å². The molecule has 0 fully saturated rings. The quantitative estimate of drug-likeness (QED) is 0.796. The zero-order valence-electron chi connectivity index (χ0n) is 9.10. The van der Waals surface area contributed by atoms with Crippen LogP contribution in [0.5, 0.6) is 5.75 Å². The summed E-state index contributed by atoms with van der Waals surface area (Å²) in [6.07, 6.45) is 0. The first kappa shape index (κ1) is 12.0. The number of rotatable bonds is 3. The fourth-order valence-electron chi connectivity index (χ4n) is 1.31. The van der Waals surface area contributed by atoms with Gasteiger partial charge < -0.3 is 15.1 Å². The molecule has 0 saturated carbocycles. The number of hydrogen-bond acceptors (Lipinski definition) is 3. The fraction of sp³-hybridized carbons (Fsp3) is 0.273. The minimum absolute atomic E-state index is 0.107. The number of carboxylic acids is 1. The van der Waals surface area contributed by atoms with Crippen molar-refractivity contribution in [3.63, 3.8) is 0 Å². The third-order valence-electron chi connectivity index (χ3n) is 2.19. The summed E-state index contributed by atoms with van der Waals surface area (Å²) >= 11 is 0. The van der Waals surface area contributed by atoms with Gasteiger partial charge in [0.05, 0.1) is 5.56 Å². The van der Waals surface area contributed by atoms with Gasteiger partial charge in [-0.1, -0.05) is 12.1 Å². The summed E-state index contributed by atoms with van der Waals surface area (Å²) in [5.41, 5.74) is 0.693. The molecule has 1 aromatic rings. The number of carbonyl (C=O) groups is 2. The monoisotopic (exact) mass is 223 g/mol. The van der Waals surface area contributed by atoms with Crippen LogP contribution in [-0.4, -0.2) is 40.6 Å². The summed E-state index contributed by atoms with van der Waals surface area (Å²) in [5, 5.41) is 18.2. The molecule has 5 nitrogen and oxygen atoms in total. The molecule has 0 radical (unpaired) electrons. The van der Waals surface area contributed by atoms with Crippen LogP contribution in [0.1, 0.15) is 15.9 Å². The highest BCUT2D eigenvalue weighted by Crippen LogP contribution is 2.22. The van der Waals surface area contributed by atoms with Crippen LogP contribution in [0.4, 0.5) is 0 Å². The largest absolute Gasteiger partial charge is 0.507 e. The Morgan fingerprint density at radius 1 is 1.38 bits per heavy atom. The maximum Gasteiger partial charge on any atom is 0.323 e. The Kier molecular flexibility index (Phi) is 3.50. The summed E-state index contributed by atoms with van der Waals surface area (Å²) in [6.45, 7) is 1.27. The number of aromatic hydroxyl groups is 1. The molecule has 0 aliphatic carbocycles. The number of hydrogen-bond donors (Lipinski definition) is 2. The molecular formula is C11H13NO4. The zero-order chi connectivity index (χ0) is 12.3. The van der Waals surface area contributed by atoms with Crippen LogP contribution in [0.15, 0.2) is 18.2 Å². The molecule has 5 heteroatoms. The molecule has 86 valence electrons. The lowest BCUT2D eigenvalue weighted by Gasteiger charge is -2.15. The molecule has 0 heterocycles. The number of aliphatic carboxylic acids is 1. The van der Waals surface area contributed by atoms with Gasteiger partial charge in [-0.05, 0) is 18.6 Å². The molecule has 1 aromatic carbocycles. The van der Waals surface area contributed by atoms with Gasteiger partial charge in [0.15, 0.2) is 0 Å². The number of nitrogens with zero attached hydrogens (tertiary/aromatic N) is 1. The third-order valence-corrected chi connectivity index (χ3v) is 2.19. The first-order chi connectivity index (χ1) is 7.43. The fourth-order valence-corrected chi connectivity index (χ4v) is 1.31. The van der Waals surface area contributed by atoms with E-state index in [0.29, 0.717) is 5.56 Å². The number of carboxylic acid groups (broad SMARTS) is 1. The lowest BCUT2D eigenvalue weighted by atomic mass is 10.1. The Hall–Kier alpha value is -2.04. The number of phenolic OH excluding ortho intramolecular Hbond substituents is 1. The second kappa shape index (κ2) is 4.65. The number of para-hydroxylation sites is 1. The highest BCUT2D eigenvalue weighted by molar-refractivity contribution is 5.98. The maximum absolute atomic E-state index is 11.8. The molecule has 16 heavy (non-hydrogen) atoms. The zero-order valence-corrected chi connectivity index (χ0v) is 9.10. The van der Waals surface area contributed by atoms with E-state index < -0.39 is 18.4 Å². The molecular weight excluding hydrogens is 210 g/mol. The van der Waals surface area contributed by atoms with Gasteiger partial charge in [0.1, 0.15) is 12.3 Å². The normalized spacial score (nSPS) is 9.88. The second-order valence-corrected chi connectivity index (χ2v) is 3.53. The first-order valence-electron chi connectivity index (χ1n) is 4.69. The maximum atomic E-state index is 11.8. The van der Waals surface area contributed by atoms with Gasteiger partial charge in [0, 0.05) is 7.05 Å². The van der Waals surface area contributed by atoms with Gasteiger partial charge in [-0.2, -0.15) is 0 Å². The Balaban J connectivity index is 2.96. The van der Waals surface area contributed by atoms with Crippen molar-refractivity contribution in [2.75, 3.05) is 13.6 Å². The van der Waals surface area contributed by atoms with Crippen LogP contribution in [0.2, 0.25) is 0 Å². The van der Waals surface area contributed by atoms with Gasteiger partial charge in [-0.15, -0.1) is 0 Å². The average Bonchev–Trinajstić information content (AvgIpc) is 2.20. The average molecular weight is 223 g/mol. The summed E-state index contributed by atoms with van der Waals surface area (Å²) in [6, 6.07) is 4.77. The van der Waals surface area contributed by atoms with Crippen LogP contribution in [0.3, 0.4) is 0 Å². The molecule has 0 aromatic heterocycles. The van der Waals surface area contributed by atoms with Gasteiger partial charge >= 0.3 is 5.97 Å². The van der Waals surface area contributed by atoms with Crippen molar-refractivity contribution in [1.82, 2.24) is 4.90 Å². The molecule has 1 amide bonds.